The number of pyridine rings is 1. The van der Waals surface area contributed by atoms with E-state index in [-0.39, 0.29) is 22.9 Å². The number of aryl methyl sites for hydroxylation is 1. The molecule has 5 rings (SSSR count). The first-order valence-corrected chi connectivity index (χ1v) is 10.7. The first-order valence-electron chi connectivity index (χ1n) is 10.7. The number of fused-ring (bicyclic) bond motifs is 4. The van der Waals surface area contributed by atoms with Gasteiger partial charge >= 0.3 is 0 Å². The minimum atomic E-state index is -0.327. The summed E-state index contributed by atoms with van der Waals surface area (Å²) in [6.45, 7) is 3.63. The van der Waals surface area contributed by atoms with Crippen molar-refractivity contribution in [1.82, 2.24) is 29.8 Å². The van der Waals surface area contributed by atoms with Crippen LogP contribution in [0.4, 0.5) is 0 Å². The van der Waals surface area contributed by atoms with Crippen LogP contribution in [0.2, 0.25) is 0 Å². The smallest absolute Gasteiger partial charge is 0.263 e. The van der Waals surface area contributed by atoms with E-state index >= 15 is 0 Å². The lowest BCUT2D eigenvalue weighted by Gasteiger charge is -2.42. The number of hydrogen-bond acceptors (Lipinski definition) is 6. The molecule has 1 N–H and O–H groups in total. The summed E-state index contributed by atoms with van der Waals surface area (Å²) in [6.07, 6.45) is 5.22. The van der Waals surface area contributed by atoms with E-state index in [4.69, 9.17) is 4.42 Å². The highest BCUT2D eigenvalue weighted by Gasteiger charge is 2.35. The van der Waals surface area contributed by atoms with Crippen LogP contribution in [-0.2, 0) is 26.6 Å². The number of rotatable bonds is 6. The molecule has 0 aliphatic carbocycles. The van der Waals surface area contributed by atoms with Crippen molar-refractivity contribution in [3.8, 4) is 0 Å². The molecule has 31 heavy (non-hydrogen) atoms. The summed E-state index contributed by atoms with van der Waals surface area (Å²) in [5.41, 5.74) is 2.00. The van der Waals surface area contributed by atoms with Crippen molar-refractivity contribution in [2.24, 2.45) is 13.0 Å². The third-order valence-electron chi connectivity index (χ3n) is 6.20. The number of hydrogen-bond donors (Lipinski definition) is 1. The lowest BCUT2D eigenvalue weighted by Crippen LogP contribution is -2.47. The maximum absolute atomic E-state index is 13.1. The molecule has 0 radical (unpaired) electrons. The Hall–Kier alpha value is -3.20. The lowest BCUT2D eigenvalue weighted by atomic mass is 9.83. The Kier molecular flexibility index (Phi) is 5.19. The highest BCUT2D eigenvalue weighted by Crippen LogP contribution is 2.35. The fourth-order valence-electron chi connectivity index (χ4n) is 4.89. The minimum absolute atomic E-state index is 0.190. The quantitative estimate of drug-likeness (QED) is 0.640. The number of amides is 1. The number of carbonyl (C=O) groups excluding carboxylic acids is 1. The van der Waals surface area contributed by atoms with Gasteiger partial charge in [-0.2, -0.15) is 0 Å². The Labute approximate surface area is 179 Å². The Morgan fingerprint density at radius 1 is 1.26 bits per heavy atom. The highest BCUT2D eigenvalue weighted by atomic mass is 16.3. The number of aromatic nitrogens is 4. The number of nitrogens with zero attached hydrogens (tertiary/aromatic N) is 5. The monoisotopic (exact) mass is 422 g/mol. The van der Waals surface area contributed by atoms with Gasteiger partial charge in [0.25, 0.3) is 11.5 Å². The maximum atomic E-state index is 13.1. The second kappa shape index (κ2) is 8.14. The molecule has 9 nitrogen and oxygen atoms in total. The van der Waals surface area contributed by atoms with Crippen LogP contribution in [0.3, 0.4) is 0 Å². The molecule has 2 bridgehead atoms. The number of furan rings is 1. The maximum Gasteiger partial charge on any atom is 0.263 e. The molecule has 0 saturated carbocycles. The Morgan fingerprint density at radius 3 is 2.94 bits per heavy atom. The van der Waals surface area contributed by atoms with Crippen molar-refractivity contribution in [2.45, 2.75) is 31.8 Å². The molecule has 2 aliphatic heterocycles. The van der Waals surface area contributed by atoms with Crippen LogP contribution in [0.25, 0.3) is 0 Å². The van der Waals surface area contributed by atoms with Gasteiger partial charge < -0.3 is 14.3 Å². The van der Waals surface area contributed by atoms with Crippen LogP contribution in [-0.4, -0.2) is 50.0 Å². The minimum Gasteiger partial charge on any atom is -0.469 e. The predicted octanol–water partition coefficient (Wildman–Crippen LogP) is 1.16. The SMILES string of the molecule is Cn1cc(CN2C[C@@H]3C[C@H](C2)c2ccc(C(=O)NCCc4ccco4)c(=O)n2C3)nn1. The third kappa shape index (κ3) is 4.05. The number of carbonyl (C=O) groups is 1. The van der Waals surface area contributed by atoms with Crippen molar-refractivity contribution in [2.75, 3.05) is 19.6 Å². The van der Waals surface area contributed by atoms with E-state index in [1.54, 1.807) is 17.0 Å². The summed E-state index contributed by atoms with van der Waals surface area (Å²) in [6, 6.07) is 7.32. The zero-order chi connectivity index (χ0) is 21.4. The van der Waals surface area contributed by atoms with E-state index in [2.05, 4.69) is 20.5 Å². The van der Waals surface area contributed by atoms with Gasteiger partial charge in [0, 0.05) is 64.0 Å². The first kappa shape index (κ1) is 19.7. The summed E-state index contributed by atoms with van der Waals surface area (Å²) in [5.74, 6) is 1.15. The van der Waals surface area contributed by atoms with Gasteiger partial charge in [-0.25, -0.2) is 0 Å². The fraction of sp³-hybridized carbons (Fsp3) is 0.455. The van der Waals surface area contributed by atoms with E-state index in [0.29, 0.717) is 25.4 Å². The summed E-state index contributed by atoms with van der Waals surface area (Å²) in [5, 5.41) is 11.1. The largest absolute Gasteiger partial charge is 0.469 e. The van der Waals surface area contributed by atoms with Crippen LogP contribution in [0, 0.1) is 5.92 Å². The molecule has 3 aromatic heterocycles. The van der Waals surface area contributed by atoms with Crippen molar-refractivity contribution in [1.29, 1.82) is 0 Å². The van der Waals surface area contributed by atoms with Gasteiger partial charge in [-0.3, -0.25) is 19.2 Å². The predicted molar refractivity (Wildman–Crippen MR) is 113 cm³/mol. The molecule has 0 aromatic carbocycles. The standard InChI is InChI=1S/C22H26N6O3/c1-26-13-17(24-25-26)14-27-10-15-9-16(12-27)20-5-4-19(22(30)28(20)11-15)21(29)23-7-6-18-3-2-8-31-18/h2-5,8,13,15-16H,6-7,9-12,14H2,1H3,(H,23,29)/t15-,16+/m0/s1. The summed E-state index contributed by atoms with van der Waals surface area (Å²) < 4.78 is 8.82. The molecule has 1 amide bonds. The molecule has 0 unspecified atom stereocenters. The van der Waals surface area contributed by atoms with Gasteiger partial charge in [0.05, 0.1) is 12.0 Å². The Bertz CT molecular complexity index is 1130. The number of likely N-dealkylation sites (tertiary alicyclic amines) is 1. The van der Waals surface area contributed by atoms with Gasteiger partial charge in [0.1, 0.15) is 11.3 Å². The van der Waals surface area contributed by atoms with Gasteiger partial charge in [-0.15, -0.1) is 5.10 Å². The molecule has 162 valence electrons. The zero-order valence-corrected chi connectivity index (χ0v) is 17.5. The average Bonchev–Trinajstić information content (AvgIpc) is 3.40. The molecular weight excluding hydrogens is 396 g/mol. The van der Waals surface area contributed by atoms with Crippen LogP contribution >= 0.6 is 0 Å². The van der Waals surface area contributed by atoms with Crippen molar-refractivity contribution >= 4 is 5.91 Å². The average molecular weight is 422 g/mol. The third-order valence-corrected chi connectivity index (χ3v) is 6.20. The summed E-state index contributed by atoms with van der Waals surface area (Å²) in [4.78, 5) is 28.1. The molecule has 0 spiro atoms. The topological polar surface area (TPSA) is 98.2 Å². The van der Waals surface area contributed by atoms with Gasteiger partial charge in [0.2, 0.25) is 0 Å². The normalized spacial score (nSPS) is 20.4. The summed E-state index contributed by atoms with van der Waals surface area (Å²) >= 11 is 0. The van der Waals surface area contributed by atoms with Crippen LogP contribution < -0.4 is 10.9 Å². The van der Waals surface area contributed by atoms with Crippen molar-refractivity contribution in [3.05, 3.63) is 69.8 Å². The van der Waals surface area contributed by atoms with Crippen LogP contribution in [0.5, 0.6) is 0 Å². The molecule has 1 saturated heterocycles. The molecule has 5 heterocycles. The Morgan fingerprint density at radius 2 is 2.16 bits per heavy atom. The van der Waals surface area contributed by atoms with Crippen molar-refractivity contribution < 1.29 is 9.21 Å². The van der Waals surface area contributed by atoms with Gasteiger partial charge in [0.15, 0.2) is 0 Å². The van der Waals surface area contributed by atoms with E-state index in [1.807, 2.05) is 36.0 Å². The highest BCUT2D eigenvalue weighted by molar-refractivity contribution is 5.93. The summed E-state index contributed by atoms with van der Waals surface area (Å²) in [7, 11) is 1.87. The lowest BCUT2D eigenvalue weighted by molar-refractivity contribution is 0.0946. The molecular formula is C22H26N6O3. The molecule has 1 fully saturated rings. The van der Waals surface area contributed by atoms with Gasteiger partial charge in [-0.1, -0.05) is 5.21 Å². The second-order valence-corrected chi connectivity index (χ2v) is 8.55. The molecule has 2 atom stereocenters. The van der Waals surface area contributed by atoms with Crippen molar-refractivity contribution in [3.63, 3.8) is 0 Å². The Balaban J connectivity index is 1.28. The first-order chi connectivity index (χ1) is 15.1. The second-order valence-electron chi connectivity index (χ2n) is 8.55. The number of nitrogens with one attached hydrogen (secondary N) is 1. The van der Waals surface area contributed by atoms with Crippen LogP contribution in [0.1, 0.15) is 39.8 Å². The number of piperidine rings is 1. The zero-order valence-electron chi connectivity index (χ0n) is 17.5. The van der Waals surface area contributed by atoms with E-state index in [9.17, 15) is 9.59 Å². The van der Waals surface area contributed by atoms with Crippen LogP contribution in [0.15, 0.2) is 45.9 Å². The van der Waals surface area contributed by atoms with E-state index in [1.165, 1.54) is 0 Å². The van der Waals surface area contributed by atoms with Gasteiger partial charge in [-0.05, 0) is 36.6 Å². The van der Waals surface area contributed by atoms with E-state index < -0.39 is 0 Å². The molecule has 2 aliphatic rings. The fourth-order valence-corrected chi connectivity index (χ4v) is 4.89. The molecule has 3 aromatic rings. The molecule has 9 heteroatoms. The van der Waals surface area contributed by atoms with E-state index in [0.717, 1.165) is 43.2 Å².